The molecule has 2 rings (SSSR count). The first-order valence-electron chi connectivity index (χ1n) is 7.37. The average Bonchev–Trinajstić information content (AvgIpc) is 2.79. The monoisotopic (exact) mass is 262 g/mol. The molecule has 2 heterocycles. The molecule has 0 bridgehead atoms. The summed E-state index contributed by atoms with van der Waals surface area (Å²) in [4.78, 5) is 7.14. The molecule has 1 aromatic rings. The molecule has 1 aromatic heterocycles. The van der Waals surface area contributed by atoms with Gasteiger partial charge in [-0.05, 0) is 32.7 Å². The van der Waals surface area contributed by atoms with E-state index in [-0.39, 0.29) is 0 Å². The molecule has 0 aromatic carbocycles. The quantitative estimate of drug-likeness (QED) is 0.800. The van der Waals surface area contributed by atoms with Gasteiger partial charge in [-0.25, -0.2) is 4.98 Å². The van der Waals surface area contributed by atoms with Gasteiger partial charge in [-0.15, -0.1) is 6.58 Å². The van der Waals surface area contributed by atoms with Crippen LogP contribution in [0.3, 0.4) is 0 Å². The molecule has 106 valence electrons. The topological polar surface area (TPSA) is 33.1 Å². The van der Waals surface area contributed by atoms with Crippen molar-refractivity contribution in [3.8, 4) is 0 Å². The normalized spacial score (nSPS) is 17.6. The molecule has 0 spiro atoms. The summed E-state index contributed by atoms with van der Waals surface area (Å²) in [7, 11) is 0. The first-order chi connectivity index (χ1) is 9.24. The van der Waals surface area contributed by atoms with Crippen molar-refractivity contribution in [2.24, 2.45) is 0 Å². The largest absolute Gasteiger partial charge is 0.352 e. The first kappa shape index (κ1) is 14.1. The molecule has 1 N–H and O–H groups in total. The van der Waals surface area contributed by atoms with Gasteiger partial charge in [-0.2, -0.15) is 0 Å². The van der Waals surface area contributed by atoms with Crippen LogP contribution in [0.1, 0.15) is 37.9 Å². The van der Waals surface area contributed by atoms with Crippen LogP contribution in [0.2, 0.25) is 0 Å². The number of hydrogen-bond acceptors (Lipinski definition) is 3. The smallest absolute Gasteiger partial charge is 0.203 e. The Morgan fingerprint density at radius 2 is 2.21 bits per heavy atom. The van der Waals surface area contributed by atoms with E-state index >= 15 is 0 Å². The van der Waals surface area contributed by atoms with Gasteiger partial charge >= 0.3 is 0 Å². The fraction of sp³-hybridized carbons (Fsp3) is 0.667. The third-order valence-electron chi connectivity index (χ3n) is 3.75. The zero-order valence-electron chi connectivity index (χ0n) is 12.2. The number of rotatable bonds is 6. The lowest BCUT2D eigenvalue weighted by Crippen LogP contribution is -2.35. The van der Waals surface area contributed by atoms with Crippen molar-refractivity contribution >= 4 is 5.95 Å². The lowest BCUT2D eigenvalue weighted by molar-refractivity contribution is 0.187. The molecule has 1 fully saturated rings. The predicted octanol–water partition coefficient (Wildman–Crippen LogP) is 2.84. The molecule has 1 aliphatic rings. The molecule has 1 aliphatic heterocycles. The molecule has 0 aliphatic carbocycles. The van der Waals surface area contributed by atoms with Crippen molar-refractivity contribution in [1.82, 2.24) is 14.5 Å². The number of imidazole rings is 1. The van der Waals surface area contributed by atoms with Crippen LogP contribution in [0, 0.1) is 6.92 Å². The number of nitrogens with one attached hydrogen (secondary N) is 1. The van der Waals surface area contributed by atoms with Crippen molar-refractivity contribution in [2.75, 3.05) is 31.5 Å². The highest BCUT2D eigenvalue weighted by Gasteiger charge is 2.22. The van der Waals surface area contributed by atoms with Gasteiger partial charge in [0.2, 0.25) is 5.95 Å². The molecule has 0 radical (unpaired) electrons. The lowest BCUT2D eigenvalue weighted by atomic mass is 10.0. The zero-order valence-corrected chi connectivity index (χ0v) is 12.2. The van der Waals surface area contributed by atoms with Gasteiger partial charge in [0, 0.05) is 31.9 Å². The second kappa shape index (κ2) is 6.75. The highest BCUT2D eigenvalue weighted by molar-refractivity contribution is 5.30. The summed E-state index contributed by atoms with van der Waals surface area (Å²) >= 11 is 0. The molecule has 4 nitrogen and oxygen atoms in total. The fourth-order valence-electron chi connectivity index (χ4n) is 2.83. The van der Waals surface area contributed by atoms with E-state index in [1.807, 2.05) is 6.08 Å². The van der Waals surface area contributed by atoms with E-state index in [4.69, 9.17) is 0 Å². The maximum Gasteiger partial charge on any atom is 0.203 e. The minimum absolute atomic E-state index is 0.585. The number of aryl methyl sites for hydroxylation is 1. The van der Waals surface area contributed by atoms with Crippen LogP contribution in [0.5, 0.6) is 0 Å². The molecule has 1 saturated heterocycles. The van der Waals surface area contributed by atoms with Gasteiger partial charge in [0.25, 0.3) is 0 Å². The van der Waals surface area contributed by atoms with Crippen molar-refractivity contribution < 1.29 is 0 Å². The molecule has 0 saturated carbocycles. The maximum atomic E-state index is 4.57. The SMILES string of the molecule is C=CCNc1nc(C)cn1C1CCN(CCC)CC1. The Hall–Kier alpha value is -1.29. The Morgan fingerprint density at radius 1 is 1.47 bits per heavy atom. The number of aromatic nitrogens is 2. The van der Waals surface area contributed by atoms with Crippen LogP contribution in [0.4, 0.5) is 5.95 Å². The summed E-state index contributed by atoms with van der Waals surface area (Å²) in [5.74, 6) is 0.992. The van der Waals surface area contributed by atoms with Gasteiger partial charge < -0.3 is 14.8 Å². The van der Waals surface area contributed by atoms with Crippen LogP contribution in [-0.2, 0) is 0 Å². The van der Waals surface area contributed by atoms with Crippen LogP contribution < -0.4 is 5.32 Å². The molecule has 0 atom stereocenters. The van der Waals surface area contributed by atoms with E-state index < -0.39 is 0 Å². The number of nitrogens with zero attached hydrogens (tertiary/aromatic N) is 3. The Balaban J connectivity index is 2.00. The van der Waals surface area contributed by atoms with E-state index in [2.05, 4.69) is 46.4 Å². The maximum absolute atomic E-state index is 4.57. The fourth-order valence-corrected chi connectivity index (χ4v) is 2.83. The van der Waals surface area contributed by atoms with E-state index in [0.29, 0.717) is 6.04 Å². The molecular weight excluding hydrogens is 236 g/mol. The molecular formula is C15H26N4. The van der Waals surface area contributed by atoms with Gasteiger partial charge in [0.15, 0.2) is 0 Å². The summed E-state index contributed by atoms with van der Waals surface area (Å²) in [6.45, 7) is 12.5. The Bertz CT molecular complexity index is 402. The standard InChI is InChI=1S/C15H26N4/c1-4-8-16-15-17-13(3)12-19(15)14-6-10-18(9-5-2)11-7-14/h4,12,14H,1,5-11H2,2-3H3,(H,16,17). The number of likely N-dealkylation sites (tertiary alicyclic amines) is 1. The summed E-state index contributed by atoms with van der Waals surface area (Å²) < 4.78 is 2.32. The molecule has 4 heteroatoms. The minimum Gasteiger partial charge on any atom is -0.352 e. The van der Waals surface area contributed by atoms with Gasteiger partial charge in [-0.1, -0.05) is 13.0 Å². The molecule has 0 amide bonds. The van der Waals surface area contributed by atoms with Gasteiger partial charge in [0.05, 0.1) is 5.69 Å². The molecule has 19 heavy (non-hydrogen) atoms. The van der Waals surface area contributed by atoms with Crippen molar-refractivity contribution in [3.63, 3.8) is 0 Å². The van der Waals surface area contributed by atoms with E-state index in [9.17, 15) is 0 Å². The number of piperidine rings is 1. The third kappa shape index (κ3) is 3.60. The third-order valence-corrected chi connectivity index (χ3v) is 3.75. The zero-order chi connectivity index (χ0) is 13.7. The second-order valence-corrected chi connectivity index (χ2v) is 5.36. The highest BCUT2D eigenvalue weighted by atomic mass is 15.2. The number of hydrogen-bond donors (Lipinski definition) is 1. The van der Waals surface area contributed by atoms with Crippen LogP contribution in [0.15, 0.2) is 18.9 Å². The van der Waals surface area contributed by atoms with Gasteiger partial charge in [-0.3, -0.25) is 0 Å². The second-order valence-electron chi connectivity index (χ2n) is 5.36. The van der Waals surface area contributed by atoms with Crippen molar-refractivity contribution in [3.05, 3.63) is 24.5 Å². The Morgan fingerprint density at radius 3 is 2.84 bits per heavy atom. The summed E-state index contributed by atoms with van der Waals surface area (Å²) in [6.07, 6.45) is 7.74. The Kier molecular flexibility index (Phi) is 5.02. The average molecular weight is 262 g/mol. The van der Waals surface area contributed by atoms with Crippen LogP contribution in [0.25, 0.3) is 0 Å². The summed E-state index contributed by atoms with van der Waals surface area (Å²) in [5.41, 5.74) is 1.09. The van der Waals surface area contributed by atoms with Crippen molar-refractivity contribution in [2.45, 2.75) is 39.2 Å². The van der Waals surface area contributed by atoms with Crippen LogP contribution in [-0.4, -0.2) is 40.6 Å². The Labute approximate surface area is 116 Å². The minimum atomic E-state index is 0.585. The lowest BCUT2D eigenvalue weighted by Gasteiger charge is -2.32. The predicted molar refractivity (Wildman–Crippen MR) is 80.7 cm³/mol. The summed E-state index contributed by atoms with van der Waals surface area (Å²) in [5, 5.41) is 3.34. The van der Waals surface area contributed by atoms with E-state index in [0.717, 1.165) is 18.2 Å². The first-order valence-corrected chi connectivity index (χ1v) is 7.37. The highest BCUT2D eigenvalue weighted by Crippen LogP contribution is 2.26. The van der Waals surface area contributed by atoms with Crippen LogP contribution >= 0.6 is 0 Å². The van der Waals surface area contributed by atoms with E-state index in [1.165, 1.54) is 38.9 Å². The number of anilines is 1. The van der Waals surface area contributed by atoms with Gasteiger partial charge in [0.1, 0.15) is 0 Å². The molecule has 0 unspecified atom stereocenters. The summed E-state index contributed by atoms with van der Waals surface area (Å²) in [6, 6.07) is 0.585. The van der Waals surface area contributed by atoms with Crippen molar-refractivity contribution in [1.29, 1.82) is 0 Å². The van der Waals surface area contributed by atoms with E-state index in [1.54, 1.807) is 0 Å².